The van der Waals surface area contributed by atoms with Crippen molar-refractivity contribution in [2.24, 2.45) is 5.92 Å². The van der Waals surface area contributed by atoms with E-state index in [0.29, 0.717) is 23.3 Å². The van der Waals surface area contributed by atoms with Gasteiger partial charge < -0.3 is 10.5 Å². The van der Waals surface area contributed by atoms with E-state index in [1.165, 1.54) is 0 Å². The first kappa shape index (κ1) is 15.2. The first-order valence-corrected chi connectivity index (χ1v) is 7.02. The van der Waals surface area contributed by atoms with Crippen molar-refractivity contribution in [3.05, 3.63) is 40.4 Å². The molecule has 0 fully saturated rings. The summed E-state index contributed by atoms with van der Waals surface area (Å²) in [5, 5.41) is 14.1. The molecule has 6 heteroatoms. The van der Waals surface area contributed by atoms with Crippen molar-refractivity contribution in [1.82, 2.24) is 9.78 Å². The molecule has 2 aromatic rings. The predicted octanol–water partition coefficient (Wildman–Crippen LogP) is 3.23. The molecule has 0 amide bonds. The second-order valence-corrected chi connectivity index (χ2v) is 5.61. The van der Waals surface area contributed by atoms with Gasteiger partial charge in [-0.15, -0.1) is 5.10 Å². The van der Waals surface area contributed by atoms with Gasteiger partial charge in [0.1, 0.15) is 18.5 Å². The maximum absolute atomic E-state index is 9.20. The van der Waals surface area contributed by atoms with E-state index >= 15 is 0 Å². The average Bonchev–Trinajstić information content (AvgIpc) is 2.72. The fourth-order valence-corrected chi connectivity index (χ4v) is 2.13. The summed E-state index contributed by atoms with van der Waals surface area (Å²) in [6.45, 7) is 5.04. The third-order valence-corrected chi connectivity index (χ3v) is 3.11. The smallest absolute Gasteiger partial charge is 0.253 e. The lowest BCUT2D eigenvalue weighted by atomic mass is 10.2. The molecule has 0 saturated heterocycles. The first-order valence-electron chi connectivity index (χ1n) is 6.65. The third kappa shape index (κ3) is 3.67. The predicted molar refractivity (Wildman–Crippen MR) is 82.0 cm³/mol. The lowest BCUT2D eigenvalue weighted by Gasteiger charge is -2.06. The van der Waals surface area contributed by atoms with Crippen molar-refractivity contribution < 1.29 is 4.74 Å². The van der Waals surface area contributed by atoms with E-state index in [-0.39, 0.29) is 18.1 Å². The number of aromatic nitrogens is 2. The standard InChI is InChI=1S/C15H17ClN4O/c1-10(2)8-20-14(18)13(7-17)15(19-20)21-9-11-4-3-5-12(16)6-11/h3-6,10H,8-9,18H2,1-2H3. The Kier molecular flexibility index (Phi) is 4.71. The van der Waals surface area contributed by atoms with Gasteiger partial charge in [0.15, 0.2) is 5.56 Å². The van der Waals surface area contributed by atoms with Crippen LogP contribution in [0.5, 0.6) is 5.88 Å². The van der Waals surface area contributed by atoms with Gasteiger partial charge in [-0.05, 0) is 23.6 Å². The number of benzene rings is 1. The lowest BCUT2D eigenvalue weighted by molar-refractivity contribution is 0.287. The second kappa shape index (κ2) is 6.51. The first-order chi connectivity index (χ1) is 10.0. The minimum Gasteiger partial charge on any atom is -0.471 e. The summed E-state index contributed by atoms with van der Waals surface area (Å²) < 4.78 is 7.23. The van der Waals surface area contributed by atoms with Gasteiger partial charge in [-0.25, -0.2) is 4.68 Å². The largest absolute Gasteiger partial charge is 0.471 e. The molecule has 1 heterocycles. The molecule has 0 saturated carbocycles. The van der Waals surface area contributed by atoms with Crippen LogP contribution in [0, 0.1) is 17.2 Å². The monoisotopic (exact) mass is 304 g/mol. The van der Waals surface area contributed by atoms with Gasteiger partial charge in [-0.1, -0.05) is 37.6 Å². The molecule has 2 N–H and O–H groups in total. The molecule has 0 spiro atoms. The van der Waals surface area contributed by atoms with Crippen molar-refractivity contribution >= 4 is 17.4 Å². The molecule has 0 aliphatic carbocycles. The Morgan fingerprint density at radius 2 is 2.24 bits per heavy atom. The molecular formula is C15H17ClN4O. The summed E-state index contributed by atoms with van der Waals surface area (Å²) in [6, 6.07) is 9.39. The Labute approximate surface area is 128 Å². The SMILES string of the molecule is CC(C)Cn1nc(OCc2cccc(Cl)c2)c(C#N)c1N. The average molecular weight is 305 g/mol. The van der Waals surface area contributed by atoms with E-state index < -0.39 is 0 Å². The number of nitrogens with two attached hydrogens (primary N) is 1. The molecular weight excluding hydrogens is 288 g/mol. The highest BCUT2D eigenvalue weighted by Gasteiger charge is 2.17. The Morgan fingerprint density at radius 3 is 2.86 bits per heavy atom. The van der Waals surface area contributed by atoms with Crippen LogP contribution in [0.2, 0.25) is 5.02 Å². The summed E-state index contributed by atoms with van der Waals surface area (Å²) in [7, 11) is 0. The third-order valence-electron chi connectivity index (χ3n) is 2.87. The van der Waals surface area contributed by atoms with Crippen LogP contribution in [0.3, 0.4) is 0 Å². The fraction of sp³-hybridized carbons (Fsp3) is 0.333. The van der Waals surface area contributed by atoms with Gasteiger partial charge in [0.2, 0.25) is 0 Å². The van der Waals surface area contributed by atoms with Gasteiger partial charge in [-0.3, -0.25) is 0 Å². The summed E-state index contributed by atoms with van der Waals surface area (Å²) in [4.78, 5) is 0. The summed E-state index contributed by atoms with van der Waals surface area (Å²) in [6.07, 6.45) is 0. The van der Waals surface area contributed by atoms with Crippen LogP contribution in [0.4, 0.5) is 5.82 Å². The van der Waals surface area contributed by atoms with Crippen molar-refractivity contribution in [3.63, 3.8) is 0 Å². The number of halogens is 1. The highest BCUT2D eigenvalue weighted by molar-refractivity contribution is 6.30. The van der Waals surface area contributed by atoms with E-state index in [1.54, 1.807) is 10.7 Å². The van der Waals surface area contributed by atoms with Crippen molar-refractivity contribution in [2.45, 2.75) is 27.0 Å². The Morgan fingerprint density at radius 1 is 1.48 bits per heavy atom. The normalized spacial score (nSPS) is 10.6. The minimum atomic E-state index is 0.260. The fourth-order valence-electron chi connectivity index (χ4n) is 1.92. The lowest BCUT2D eigenvalue weighted by Crippen LogP contribution is -2.09. The molecule has 0 unspecified atom stereocenters. The van der Waals surface area contributed by atoms with Gasteiger partial charge in [-0.2, -0.15) is 5.26 Å². The highest BCUT2D eigenvalue weighted by Crippen LogP contribution is 2.24. The Balaban J connectivity index is 2.18. The van der Waals surface area contributed by atoms with Crippen LogP contribution in [-0.4, -0.2) is 9.78 Å². The maximum Gasteiger partial charge on any atom is 0.253 e. The van der Waals surface area contributed by atoms with Gasteiger partial charge in [0.25, 0.3) is 5.88 Å². The van der Waals surface area contributed by atoms with Crippen molar-refractivity contribution in [1.29, 1.82) is 5.26 Å². The summed E-state index contributed by atoms with van der Waals surface area (Å²) in [5.41, 5.74) is 7.11. The van der Waals surface area contributed by atoms with E-state index in [1.807, 2.05) is 24.3 Å². The molecule has 110 valence electrons. The number of ether oxygens (including phenoxy) is 1. The number of rotatable bonds is 5. The Hall–Kier alpha value is -2.19. The zero-order valence-electron chi connectivity index (χ0n) is 12.0. The zero-order valence-corrected chi connectivity index (χ0v) is 12.8. The summed E-state index contributed by atoms with van der Waals surface area (Å²) in [5.74, 6) is 0.974. The number of nitrogen functional groups attached to an aromatic ring is 1. The van der Waals surface area contributed by atoms with Gasteiger partial charge >= 0.3 is 0 Å². The highest BCUT2D eigenvalue weighted by atomic mass is 35.5. The number of nitriles is 1. The molecule has 0 atom stereocenters. The number of anilines is 1. The van der Waals surface area contributed by atoms with Crippen molar-refractivity contribution in [2.75, 3.05) is 5.73 Å². The van der Waals surface area contributed by atoms with Crippen LogP contribution < -0.4 is 10.5 Å². The molecule has 21 heavy (non-hydrogen) atoms. The quantitative estimate of drug-likeness (QED) is 0.920. The van der Waals surface area contributed by atoms with Crippen LogP contribution >= 0.6 is 11.6 Å². The molecule has 5 nitrogen and oxygen atoms in total. The van der Waals surface area contributed by atoms with Gasteiger partial charge in [0, 0.05) is 11.6 Å². The molecule has 0 radical (unpaired) electrons. The van der Waals surface area contributed by atoms with Gasteiger partial charge in [0.05, 0.1) is 0 Å². The van der Waals surface area contributed by atoms with E-state index in [9.17, 15) is 5.26 Å². The topological polar surface area (TPSA) is 76.9 Å². The molecule has 0 aliphatic heterocycles. The number of hydrogen-bond acceptors (Lipinski definition) is 4. The van der Waals surface area contributed by atoms with Crippen molar-refractivity contribution in [3.8, 4) is 11.9 Å². The maximum atomic E-state index is 9.20. The van der Waals surface area contributed by atoms with E-state index in [0.717, 1.165) is 5.56 Å². The van der Waals surface area contributed by atoms with E-state index in [2.05, 4.69) is 18.9 Å². The van der Waals surface area contributed by atoms with E-state index in [4.69, 9.17) is 22.1 Å². The van der Waals surface area contributed by atoms with Crippen LogP contribution in [-0.2, 0) is 13.2 Å². The van der Waals surface area contributed by atoms with Crippen LogP contribution in [0.15, 0.2) is 24.3 Å². The number of nitrogens with zero attached hydrogens (tertiary/aromatic N) is 3. The second-order valence-electron chi connectivity index (χ2n) is 5.17. The molecule has 0 bridgehead atoms. The molecule has 2 rings (SSSR count). The molecule has 1 aromatic heterocycles. The minimum absolute atomic E-state index is 0.260. The van der Waals surface area contributed by atoms with Crippen LogP contribution in [0.1, 0.15) is 25.0 Å². The molecule has 1 aromatic carbocycles. The van der Waals surface area contributed by atoms with Crippen LogP contribution in [0.25, 0.3) is 0 Å². The Bertz CT molecular complexity index is 673. The molecule has 0 aliphatic rings. The number of hydrogen-bond donors (Lipinski definition) is 1. The summed E-state index contributed by atoms with van der Waals surface area (Å²) >= 11 is 5.92. The zero-order chi connectivity index (χ0) is 15.4.